The maximum absolute atomic E-state index is 14.3. The minimum Gasteiger partial charge on any atom is -0.480 e. The highest BCUT2D eigenvalue weighted by Crippen LogP contribution is 2.40. The van der Waals surface area contributed by atoms with Gasteiger partial charge in [-0.3, -0.25) is 4.79 Å². The second-order valence-corrected chi connectivity index (χ2v) is 8.64. The number of nitrogen functional groups attached to an aromatic ring is 1. The third-order valence-corrected chi connectivity index (χ3v) is 5.71. The Morgan fingerprint density at radius 2 is 1.68 bits per heavy atom. The molecule has 3 aromatic carbocycles. The summed E-state index contributed by atoms with van der Waals surface area (Å²) in [6, 6.07) is 18.0. The average molecular weight is 524 g/mol. The standard InChI is InChI=1S/C27H24F3N5O3/c1-15-5-4-6-18(13-15)19-7-2-3-8-20(19)22(27(28,29)30)38-26-34-23(33-25(32)35-26)17-11-9-16(10-12-17)14-21(31)24(36)37/h2-13,21-22H,14,31H2,1H3,(H,36,37)(H2,32,33,34,35)/t21-,22?/m0/s1. The van der Waals surface area contributed by atoms with E-state index in [1.54, 1.807) is 54.6 Å². The number of aryl methyl sites for hydroxylation is 1. The van der Waals surface area contributed by atoms with E-state index in [0.29, 0.717) is 22.3 Å². The fourth-order valence-corrected chi connectivity index (χ4v) is 3.90. The Hall–Kier alpha value is -4.51. The van der Waals surface area contributed by atoms with E-state index in [1.165, 1.54) is 12.1 Å². The van der Waals surface area contributed by atoms with Crippen molar-refractivity contribution in [3.8, 4) is 28.5 Å². The molecule has 0 saturated carbocycles. The van der Waals surface area contributed by atoms with Crippen molar-refractivity contribution in [1.29, 1.82) is 0 Å². The first kappa shape index (κ1) is 26.6. The molecule has 1 heterocycles. The molecule has 0 fully saturated rings. The minimum atomic E-state index is -4.80. The van der Waals surface area contributed by atoms with Gasteiger partial charge in [0.1, 0.15) is 6.04 Å². The van der Waals surface area contributed by atoms with Crippen LogP contribution in [0.15, 0.2) is 72.8 Å². The predicted molar refractivity (Wildman–Crippen MR) is 135 cm³/mol. The Morgan fingerprint density at radius 1 is 0.974 bits per heavy atom. The summed E-state index contributed by atoms with van der Waals surface area (Å²) in [5.41, 5.74) is 14.2. The number of anilines is 1. The van der Waals surface area contributed by atoms with Gasteiger partial charge in [0.15, 0.2) is 5.82 Å². The number of alkyl halides is 3. The van der Waals surface area contributed by atoms with Crippen molar-refractivity contribution in [2.75, 3.05) is 5.73 Å². The zero-order chi connectivity index (χ0) is 27.4. The molecular formula is C27H24F3N5O3. The summed E-state index contributed by atoms with van der Waals surface area (Å²) in [5, 5.41) is 8.98. The number of hydrogen-bond donors (Lipinski definition) is 3. The van der Waals surface area contributed by atoms with E-state index < -0.39 is 30.3 Å². The summed E-state index contributed by atoms with van der Waals surface area (Å²) in [5.74, 6) is -1.46. The van der Waals surface area contributed by atoms with E-state index in [1.807, 2.05) is 13.0 Å². The molecule has 38 heavy (non-hydrogen) atoms. The maximum atomic E-state index is 14.3. The number of carboxylic acid groups (broad SMARTS) is 1. The number of hydrogen-bond acceptors (Lipinski definition) is 7. The Bertz CT molecular complexity index is 1440. The van der Waals surface area contributed by atoms with Crippen molar-refractivity contribution in [3.05, 3.63) is 89.5 Å². The summed E-state index contributed by atoms with van der Waals surface area (Å²) in [4.78, 5) is 22.9. The summed E-state index contributed by atoms with van der Waals surface area (Å²) in [7, 11) is 0. The quantitative estimate of drug-likeness (QED) is 0.301. The molecular weight excluding hydrogens is 499 g/mol. The van der Waals surface area contributed by atoms with Crippen molar-refractivity contribution >= 4 is 11.9 Å². The number of carboxylic acids is 1. The molecule has 0 aliphatic carbocycles. The lowest BCUT2D eigenvalue weighted by molar-refractivity contribution is -0.199. The molecule has 196 valence electrons. The molecule has 4 aromatic rings. The molecule has 0 saturated heterocycles. The highest BCUT2D eigenvalue weighted by Gasteiger charge is 2.45. The molecule has 5 N–H and O–H groups in total. The number of nitrogens with zero attached hydrogens (tertiary/aromatic N) is 3. The molecule has 2 atom stereocenters. The molecule has 0 bridgehead atoms. The van der Waals surface area contributed by atoms with Crippen LogP contribution in [0.4, 0.5) is 19.1 Å². The van der Waals surface area contributed by atoms with Crippen molar-refractivity contribution in [2.45, 2.75) is 31.7 Å². The van der Waals surface area contributed by atoms with Gasteiger partial charge in [0.05, 0.1) is 0 Å². The van der Waals surface area contributed by atoms with Gasteiger partial charge in [0.2, 0.25) is 12.1 Å². The van der Waals surface area contributed by atoms with Crippen LogP contribution < -0.4 is 16.2 Å². The first-order chi connectivity index (χ1) is 18.0. The number of ether oxygens (including phenoxy) is 1. The number of nitrogens with two attached hydrogens (primary N) is 2. The van der Waals surface area contributed by atoms with Gasteiger partial charge >= 0.3 is 18.2 Å². The third kappa shape index (κ3) is 6.24. The largest absolute Gasteiger partial charge is 0.480 e. The maximum Gasteiger partial charge on any atom is 0.429 e. The molecule has 1 aromatic heterocycles. The first-order valence-corrected chi connectivity index (χ1v) is 11.5. The lowest BCUT2D eigenvalue weighted by atomic mass is 9.95. The van der Waals surface area contributed by atoms with Crippen LogP contribution in [0.5, 0.6) is 6.01 Å². The van der Waals surface area contributed by atoms with E-state index in [2.05, 4.69) is 15.0 Å². The van der Waals surface area contributed by atoms with Crippen LogP contribution in [0.1, 0.15) is 22.8 Å². The zero-order valence-corrected chi connectivity index (χ0v) is 20.2. The number of aliphatic carboxylic acids is 1. The Morgan fingerprint density at radius 3 is 2.34 bits per heavy atom. The minimum absolute atomic E-state index is 0.00511. The topological polar surface area (TPSA) is 137 Å². The van der Waals surface area contributed by atoms with Gasteiger partial charge in [-0.2, -0.15) is 28.1 Å². The molecule has 0 radical (unpaired) electrons. The molecule has 0 spiro atoms. The smallest absolute Gasteiger partial charge is 0.429 e. The normalized spacial score (nSPS) is 13.1. The van der Waals surface area contributed by atoms with Crippen LogP contribution >= 0.6 is 0 Å². The molecule has 1 unspecified atom stereocenters. The van der Waals surface area contributed by atoms with Gasteiger partial charge in [0, 0.05) is 11.1 Å². The Balaban J connectivity index is 1.68. The lowest BCUT2D eigenvalue weighted by Gasteiger charge is -2.23. The number of rotatable bonds is 8. The fraction of sp³-hybridized carbons (Fsp3) is 0.185. The Labute approximate surface area is 216 Å². The summed E-state index contributed by atoms with van der Waals surface area (Å²) in [6.07, 6.45) is -7.09. The van der Waals surface area contributed by atoms with Gasteiger partial charge in [-0.05, 0) is 30.0 Å². The number of aromatic nitrogens is 3. The summed E-state index contributed by atoms with van der Waals surface area (Å²) >= 11 is 0. The second-order valence-electron chi connectivity index (χ2n) is 8.64. The van der Waals surface area contributed by atoms with Crippen molar-refractivity contribution in [1.82, 2.24) is 15.0 Å². The van der Waals surface area contributed by atoms with Gasteiger partial charge < -0.3 is 21.3 Å². The van der Waals surface area contributed by atoms with E-state index >= 15 is 0 Å². The lowest BCUT2D eigenvalue weighted by Crippen LogP contribution is -2.32. The molecule has 0 aliphatic rings. The van der Waals surface area contributed by atoms with Crippen LogP contribution in [0.2, 0.25) is 0 Å². The van der Waals surface area contributed by atoms with E-state index in [4.69, 9.17) is 21.3 Å². The van der Waals surface area contributed by atoms with Crippen molar-refractivity contribution in [2.24, 2.45) is 5.73 Å². The van der Waals surface area contributed by atoms with Crippen molar-refractivity contribution < 1.29 is 27.8 Å². The zero-order valence-electron chi connectivity index (χ0n) is 20.2. The van der Waals surface area contributed by atoms with E-state index in [0.717, 1.165) is 5.56 Å². The highest BCUT2D eigenvalue weighted by atomic mass is 19.4. The molecule has 11 heteroatoms. The van der Waals surface area contributed by atoms with Gasteiger partial charge in [-0.1, -0.05) is 78.4 Å². The van der Waals surface area contributed by atoms with Crippen LogP contribution in [-0.2, 0) is 11.2 Å². The number of halogens is 3. The van der Waals surface area contributed by atoms with Gasteiger partial charge in [-0.15, -0.1) is 0 Å². The third-order valence-electron chi connectivity index (χ3n) is 5.71. The summed E-state index contributed by atoms with van der Waals surface area (Å²) in [6.45, 7) is 1.85. The van der Waals surface area contributed by atoms with Gasteiger partial charge in [-0.25, -0.2) is 0 Å². The summed E-state index contributed by atoms with van der Waals surface area (Å²) < 4.78 is 48.3. The first-order valence-electron chi connectivity index (χ1n) is 11.5. The van der Waals surface area contributed by atoms with E-state index in [-0.39, 0.29) is 23.8 Å². The number of benzene rings is 3. The molecule has 0 aliphatic heterocycles. The number of carbonyl (C=O) groups is 1. The predicted octanol–water partition coefficient (Wildman–Crippen LogP) is 4.73. The monoisotopic (exact) mass is 523 g/mol. The van der Waals surface area contributed by atoms with Crippen LogP contribution in [0.25, 0.3) is 22.5 Å². The van der Waals surface area contributed by atoms with Crippen LogP contribution in [0, 0.1) is 6.92 Å². The SMILES string of the molecule is Cc1cccc(-c2ccccc2C(Oc2nc(N)nc(-c3ccc(C[C@H](N)C(=O)O)cc3)n2)C(F)(F)F)c1. The Kier molecular flexibility index (Phi) is 7.58. The van der Waals surface area contributed by atoms with Crippen molar-refractivity contribution in [3.63, 3.8) is 0 Å². The second kappa shape index (κ2) is 10.9. The molecule has 4 rings (SSSR count). The van der Waals surface area contributed by atoms with Crippen LogP contribution in [0.3, 0.4) is 0 Å². The fourth-order valence-electron chi connectivity index (χ4n) is 3.90. The van der Waals surface area contributed by atoms with Crippen LogP contribution in [-0.4, -0.2) is 38.2 Å². The average Bonchev–Trinajstić information content (AvgIpc) is 2.87. The highest BCUT2D eigenvalue weighted by molar-refractivity contribution is 5.73. The van der Waals surface area contributed by atoms with E-state index in [9.17, 15) is 18.0 Å². The molecule has 8 nitrogen and oxygen atoms in total. The van der Waals surface area contributed by atoms with Gasteiger partial charge in [0.25, 0.3) is 0 Å². The molecule has 0 amide bonds.